The van der Waals surface area contributed by atoms with Crippen LogP contribution < -0.4 is 11.5 Å². The first kappa shape index (κ1) is 12.0. The highest BCUT2D eigenvalue weighted by molar-refractivity contribution is 5.91. The molecule has 0 atom stereocenters. The molecule has 0 fully saturated rings. The second kappa shape index (κ2) is 5.11. The highest BCUT2D eigenvalue weighted by atomic mass is 19.1. The zero-order chi connectivity index (χ0) is 12.1. The van der Waals surface area contributed by atoms with Gasteiger partial charge in [0.1, 0.15) is 5.82 Å². The summed E-state index contributed by atoms with van der Waals surface area (Å²) in [4.78, 5) is 5.09. The average molecular weight is 223 g/mol. The minimum atomic E-state index is -0.306. The smallest absolute Gasteiger partial charge is 0.221 e. The molecule has 0 aliphatic heterocycles. The van der Waals surface area contributed by atoms with Crippen molar-refractivity contribution in [1.29, 1.82) is 5.41 Å². The van der Waals surface area contributed by atoms with E-state index in [4.69, 9.17) is 16.9 Å². The van der Waals surface area contributed by atoms with E-state index in [9.17, 15) is 4.39 Å². The fraction of sp³-hybridized carbons (Fsp3) is 0.200. The van der Waals surface area contributed by atoms with Crippen molar-refractivity contribution < 1.29 is 4.39 Å². The number of hydrogen-bond donors (Lipinski definition) is 3. The molecule has 0 saturated carbocycles. The number of nitrogens with two attached hydrogens (primary N) is 2. The molecule has 6 heteroatoms. The van der Waals surface area contributed by atoms with E-state index in [1.165, 1.54) is 17.0 Å². The molecule has 86 valence electrons. The molecule has 5 N–H and O–H groups in total. The van der Waals surface area contributed by atoms with Crippen LogP contribution >= 0.6 is 0 Å². The van der Waals surface area contributed by atoms with Gasteiger partial charge in [-0.05, 0) is 17.7 Å². The predicted octanol–water partition coefficient (Wildman–Crippen LogP) is 0.466. The maximum absolute atomic E-state index is 12.9. The van der Waals surface area contributed by atoms with E-state index in [0.29, 0.717) is 6.54 Å². The van der Waals surface area contributed by atoms with Crippen LogP contribution in [-0.2, 0) is 6.54 Å². The maximum atomic E-state index is 12.9. The van der Waals surface area contributed by atoms with E-state index in [1.807, 2.05) is 0 Å². The summed E-state index contributed by atoms with van der Waals surface area (Å²) in [6.07, 6.45) is 0. The fourth-order valence-electron chi connectivity index (χ4n) is 1.19. The summed E-state index contributed by atoms with van der Waals surface area (Å²) in [7, 11) is 1.65. The Labute approximate surface area is 93.1 Å². The number of nitrogens with zero attached hydrogens (tertiary/aromatic N) is 2. The summed E-state index contributed by atoms with van der Waals surface area (Å²) < 4.78 is 12.9. The molecule has 1 rings (SSSR count). The summed E-state index contributed by atoms with van der Waals surface area (Å²) in [6, 6.07) is 6.15. The molecule has 0 aromatic heterocycles. The van der Waals surface area contributed by atoms with E-state index in [1.54, 1.807) is 19.2 Å². The third kappa shape index (κ3) is 3.56. The van der Waals surface area contributed by atoms with Crippen molar-refractivity contribution in [2.45, 2.75) is 6.54 Å². The fourth-order valence-corrected chi connectivity index (χ4v) is 1.19. The maximum Gasteiger partial charge on any atom is 0.221 e. The first-order valence-corrected chi connectivity index (χ1v) is 4.63. The molecule has 0 bridgehead atoms. The summed E-state index contributed by atoms with van der Waals surface area (Å²) in [6.45, 7) is 0.368. The van der Waals surface area contributed by atoms with Crippen LogP contribution in [0.15, 0.2) is 29.3 Å². The van der Waals surface area contributed by atoms with Crippen LogP contribution in [0.2, 0.25) is 0 Å². The first-order valence-electron chi connectivity index (χ1n) is 4.63. The number of hydrogen-bond acceptors (Lipinski definition) is 1. The van der Waals surface area contributed by atoms with Crippen molar-refractivity contribution in [3.63, 3.8) is 0 Å². The molecule has 0 unspecified atom stereocenters. The Balaban J connectivity index is 2.68. The Morgan fingerprint density at radius 3 is 2.75 bits per heavy atom. The zero-order valence-corrected chi connectivity index (χ0v) is 8.94. The van der Waals surface area contributed by atoms with Gasteiger partial charge in [0, 0.05) is 13.6 Å². The lowest BCUT2D eigenvalue weighted by Gasteiger charge is -2.16. The van der Waals surface area contributed by atoms with Gasteiger partial charge in [-0.3, -0.25) is 5.41 Å². The zero-order valence-electron chi connectivity index (χ0n) is 8.94. The molecule has 0 amide bonds. The lowest BCUT2D eigenvalue weighted by atomic mass is 10.2. The molecule has 1 aromatic rings. The van der Waals surface area contributed by atoms with Gasteiger partial charge in [0.15, 0.2) is 5.96 Å². The number of nitrogens with one attached hydrogen (secondary N) is 1. The van der Waals surface area contributed by atoms with Crippen LogP contribution in [0.4, 0.5) is 4.39 Å². The van der Waals surface area contributed by atoms with Gasteiger partial charge in [-0.15, -0.1) is 0 Å². The standard InChI is InChI=1S/C10H14FN5/c1-16(10(14)15-9(12)13)6-7-3-2-4-8(11)5-7/h2-5H,6H2,1H3,(H5,12,13,14,15). The molecule has 5 nitrogen and oxygen atoms in total. The molecule has 0 aliphatic rings. The molecule has 0 heterocycles. The van der Waals surface area contributed by atoms with Gasteiger partial charge in [0.25, 0.3) is 0 Å². The van der Waals surface area contributed by atoms with Gasteiger partial charge in [-0.25, -0.2) is 4.39 Å². The Bertz CT molecular complexity index is 411. The summed E-state index contributed by atoms with van der Waals surface area (Å²) in [5.41, 5.74) is 11.0. The van der Waals surface area contributed by atoms with Crippen molar-refractivity contribution in [3.05, 3.63) is 35.6 Å². The molecule has 0 radical (unpaired) electrons. The Morgan fingerprint density at radius 2 is 2.19 bits per heavy atom. The molecular weight excluding hydrogens is 209 g/mol. The Hall–Kier alpha value is -2.11. The third-order valence-corrected chi connectivity index (χ3v) is 1.91. The van der Waals surface area contributed by atoms with Crippen LogP contribution in [0.1, 0.15) is 5.56 Å². The molecule has 0 aliphatic carbocycles. The van der Waals surface area contributed by atoms with Gasteiger partial charge in [-0.2, -0.15) is 4.99 Å². The highest BCUT2D eigenvalue weighted by Crippen LogP contribution is 2.06. The normalized spacial score (nSPS) is 9.62. The molecule has 16 heavy (non-hydrogen) atoms. The molecule has 0 saturated heterocycles. The summed E-state index contributed by atoms with van der Waals surface area (Å²) >= 11 is 0. The molecular formula is C10H14FN5. The van der Waals surface area contributed by atoms with Crippen LogP contribution in [0.3, 0.4) is 0 Å². The minimum Gasteiger partial charge on any atom is -0.370 e. The van der Waals surface area contributed by atoms with Crippen molar-refractivity contribution in [2.24, 2.45) is 16.5 Å². The second-order valence-electron chi connectivity index (χ2n) is 3.35. The van der Waals surface area contributed by atoms with Crippen LogP contribution in [0.25, 0.3) is 0 Å². The lowest BCUT2D eigenvalue weighted by Crippen LogP contribution is -2.30. The van der Waals surface area contributed by atoms with Crippen molar-refractivity contribution in [1.82, 2.24) is 4.90 Å². The van der Waals surface area contributed by atoms with Crippen molar-refractivity contribution >= 4 is 11.9 Å². The number of rotatable bonds is 2. The minimum absolute atomic E-state index is 0.0655. The number of aliphatic imine (C=N–C) groups is 1. The first-order chi connectivity index (χ1) is 7.49. The monoisotopic (exact) mass is 223 g/mol. The Morgan fingerprint density at radius 1 is 1.50 bits per heavy atom. The largest absolute Gasteiger partial charge is 0.370 e. The number of guanidine groups is 2. The van der Waals surface area contributed by atoms with Crippen LogP contribution in [0.5, 0.6) is 0 Å². The second-order valence-corrected chi connectivity index (χ2v) is 3.35. The van der Waals surface area contributed by atoms with Gasteiger partial charge in [0.2, 0.25) is 5.96 Å². The Kier molecular flexibility index (Phi) is 3.82. The van der Waals surface area contributed by atoms with Gasteiger partial charge in [-0.1, -0.05) is 12.1 Å². The summed E-state index contributed by atoms with van der Waals surface area (Å²) in [5, 5.41) is 7.51. The van der Waals surface area contributed by atoms with E-state index in [2.05, 4.69) is 4.99 Å². The van der Waals surface area contributed by atoms with Crippen molar-refractivity contribution in [3.8, 4) is 0 Å². The topological polar surface area (TPSA) is 91.5 Å². The summed E-state index contributed by atoms with van der Waals surface area (Å²) in [5.74, 6) is -0.542. The van der Waals surface area contributed by atoms with E-state index in [-0.39, 0.29) is 17.7 Å². The van der Waals surface area contributed by atoms with E-state index in [0.717, 1.165) is 5.56 Å². The van der Waals surface area contributed by atoms with Gasteiger partial charge >= 0.3 is 0 Å². The SMILES string of the molecule is CN(Cc1cccc(F)c1)C(=N)N=C(N)N. The lowest BCUT2D eigenvalue weighted by molar-refractivity contribution is 0.489. The number of halogens is 1. The van der Waals surface area contributed by atoms with Crippen LogP contribution in [-0.4, -0.2) is 23.9 Å². The van der Waals surface area contributed by atoms with Gasteiger partial charge < -0.3 is 16.4 Å². The van der Waals surface area contributed by atoms with E-state index < -0.39 is 0 Å². The van der Waals surface area contributed by atoms with Gasteiger partial charge in [0.05, 0.1) is 0 Å². The molecule has 0 spiro atoms. The van der Waals surface area contributed by atoms with E-state index >= 15 is 0 Å². The number of benzene rings is 1. The predicted molar refractivity (Wildman–Crippen MR) is 61.4 cm³/mol. The quantitative estimate of drug-likeness (QED) is 0.502. The molecule has 1 aromatic carbocycles. The third-order valence-electron chi connectivity index (χ3n) is 1.91. The van der Waals surface area contributed by atoms with Crippen LogP contribution in [0, 0.1) is 11.2 Å². The highest BCUT2D eigenvalue weighted by Gasteiger charge is 2.04. The average Bonchev–Trinajstić information content (AvgIpc) is 2.16. The van der Waals surface area contributed by atoms with Crippen molar-refractivity contribution in [2.75, 3.05) is 7.05 Å².